The molecule has 8 heteroatoms. The third kappa shape index (κ3) is 5.22. The molecule has 0 unspecified atom stereocenters. The molecule has 0 aliphatic carbocycles. The topological polar surface area (TPSA) is 79.8 Å². The van der Waals surface area contributed by atoms with Gasteiger partial charge in [-0.05, 0) is 41.8 Å². The summed E-state index contributed by atoms with van der Waals surface area (Å²) >= 11 is 7.41. The number of aryl methyl sites for hydroxylation is 1. The summed E-state index contributed by atoms with van der Waals surface area (Å²) in [5, 5.41) is 3.93. The molecule has 5 aromatic rings. The van der Waals surface area contributed by atoms with E-state index in [4.69, 9.17) is 16.6 Å². The molecule has 0 radical (unpaired) electrons. The van der Waals surface area contributed by atoms with Gasteiger partial charge >= 0.3 is 0 Å². The zero-order valence-corrected chi connectivity index (χ0v) is 21.1. The highest BCUT2D eigenvalue weighted by atomic mass is 35.5. The Morgan fingerprint density at radius 3 is 2.47 bits per heavy atom. The molecule has 0 bridgehead atoms. The maximum Gasteiger partial charge on any atom is 0.278 e. The van der Waals surface area contributed by atoms with Crippen molar-refractivity contribution in [3.8, 4) is 11.3 Å². The van der Waals surface area contributed by atoms with Gasteiger partial charge in [-0.3, -0.25) is 14.2 Å². The van der Waals surface area contributed by atoms with E-state index in [1.165, 1.54) is 11.8 Å². The van der Waals surface area contributed by atoms with Crippen molar-refractivity contribution >= 4 is 46.0 Å². The number of benzene rings is 3. The molecule has 2 aromatic heterocycles. The van der Waals surface area contributed by atoms with E-state index in [1.54, 1.807) is 10.6 Å². The summed E-state index contributed by atoms with van der Waals surface area (Å²) in [4.78, 5) is 34.3. The first-order chi connectivity index (χ1) is 17.5. The lowest BCUT2D eigenvalue weighted by Gasteiger charge is -2.12. The Labute approximate surface area is 217 Å². The van der Waals surface area contributed by atoms with E-state index in [1.807, 2.05) is 85.8 Å². The molecular formula is C28H23ClN4O2S. The minimum Gasteiger partial charge on any atom is -0.349 e. The van der Waals surface area contributed by atoms with Crippen molar-refractivity contribution in [3.05, 3.63) is 111 Å². The lowest BCUT2D eigenvalue weighted by molar-refractivity contribution is -0.113. The van der Waals surface area contributed by atoms with E-state index in [2.05, 4.69) is 10.3 Å². The third-order valence-corrected chi connectivity index (χ3v) is 7.14. The Hall–Kier alpha value is -3.81. The minimum absolute atomic E-state index is 0.0915. The summed E-state index contributed by atoms with van der Waals surface area (Å²) in [6, 6.07) is 26.8. The zero-order chi connectivity index (χ0) is 25.1. The molecule has 3 aromatic carbocycles. The summed E-state index contributed by atoms with van der Waals surface area (Å²) < 4.78 is 1.61. The van der Waals surface area contributed by atoms with Gasteiger partial charge in [0.05, 0.1) is 17.8 Å². The Balaban J connectivity index is 1.46. The van der Waals surface area contributed by atoms with E-state index < -0.39 is 0 Å². The molecule has 180 valence electrons. The van der Waals surface area contributed by atoms with Gasteiger partial charge in [-0.25, -0.2) is 4.98 Å². The smallest absolute Gasteiger partial charge is 0.278 e. The predicted octanol–water partition coefficient (Wildman–Crippen LogP) is 6.13. The van der Waals surface area contributed by atoms with Crippen molar-refractivity contribution in [2.45, 2.75) is 18.6 Å². The highest BCUT2D eigenvalue weighted by Gasteiger charge is 2.17. The molecule has 0 aliphatic heterocycles. The Morgan fingerprint density at radius 2 is 1.75 bits per heavy atom. The Bertz CT molecular complexity index is 1600. The number of halogens is 1. The van der Waals surface area contributed by atoms with Gasteiger partial charge in [-0.2, -0.15) is 0 Å². The number of hydrogen-bond acceptors (Lipinski definition) is 4. The van der Waals surface area contributed by atoms with Crippen LogP contribution in [0.1, 0.15) is 11.1 Å². The second-order valence-corrected chi connectivity index (χ2v) is 9.73. The number of amides is 1. The molecular weight excluding hydrogens is 492 g/mol. The highest BCUT2D eigenvalue weighted by Crippen LogP contribution is 2.25. The van der Waals surface area contributed by atoms with Gasteiger partial charge in [0.1, 0.15) is 5.52 Å². The molecule has 6 nitrogen and oxygen atoms in total. The van der Waals surface area contributed by atoms with Crippen molar-refractivity contribution in [1.82, 2.24) is 14.5 Å². The van der Waals surface area contributed by atoms with Gasteiger partial charge in [-0.15, -0.1) is 0 Å². The second kappa shape index (κ2) is 10.4. The van der Waals surface area contributed by atoms with Gasteiger partial charge in [0.2, 0.25) is 5.91 Å². The predicted molar refractivity (Wildman–Crippen MR) is 147 cm³/mol. The largest absolute Gasteiger partial charge is 0.349 e. The molecule has 1 amide bonds. The van der Waals surface area contributed by atoms with Crippen molar-refractivity contribution in [1.29, 1.82) is 0 Å². The van der Waals surface area contributed by atoms with E-state index in [0.717, 1.165) is 22.4 Å². The molecule has 0 aliphatic rings. The number of carbonyl (C=O) groups is 1. The molecule has 0 spiro atoms. The van der Waals surface area contributed by atoms with Crippen molar-refractivity contribution in [2.75, 3.05) is 11.1 Å². The number of carbonyl (C=O) groups excluding carboxylic acids is 1. The van der Waals surface area contributed by atoms with Gasteiger partial charge in [-0.1, -0.05) is 90.1 Å². The van der Waals surface area contributed by atoms with Gasteiger partial charge in [0.25, 0.3) is 5.56 Å². The van der Waals surface area contributed by atoms with Crippen LogP contribution < -0.4 is 10.9 Å². The SMILES string of the molecule is Cc1ccc(NC(=O)CSc2nc3cc(-c4ccccc4)[nH]c3c(=O)n2Cc2ccccc2)cc1Cl. The van der Waals surface area contributed by atoms with Crippen LogP contribution >= 0.6 is 23.4 Å². The fraction of sp³-hybridized carbons (Fsp3) is 0.107. The highest BCUT2D eigenvalue weighted by molar-refractivity contribution is 7.99. The number of H-pyrrole nitrogens is 1. The average Bonchev–Trinajstić information content (AvgIpc) is 3.33. The lowest BCUT2D eigenvalue weighted by Crippen LogP contribution is -2.25. The maximum atomic E-state index is 13.6. The van der Waals surface area contributed by atoms with Crippen LogP contribution in [0.15, 0.2) is 94.9 Å². The van der Waals surface area contributed by atoms with Gasteiger partial charge in [0.15, 0.2) is 5.16 Å². The van der Waals surface area contributed by atoms with E-state index in [9.17, 15) is 9.59 Å². The molecule has 36 heavy (non-hydrogen) atoms. The van der Waals surface area contributed by atoms with Crippen LogP contribution in [0, 0.1) is 6.92 Å². The number of nitrogens with one attached hydrogen (secondary N) is 2. The number of hydrogen-bond donors (Lipinski definition) is 2. The quantitative estimate of drug-likeness (QED) is 0.202. The molecule has 5 rings (SSSR count). The fourth-order valence-corrected chi connectivity index (χ4v) is 4.85. The molecule has 0 atom stereocenters. The first-order valence-corrected chi connectivity index (χ1v) is 12.8. The van der Waals surface area contributed by atoms with E-state index >= 15 is 0 Å². The maximum absolute atomic E-state index is 13.6. The first kappa shape index (κ1) is 23.9. The van der Waals surface area contributed by atoms with Crippen LogP contribution in [0.5, 0.6) is 0 Å². The van der Waals surface area contributed by atoms with E-state index in [0.29, 0.717) is 33.4 Å². The van der Waals surface area contributed by atoms with Crippen LogP contribution in [-0.4, -0.2) is 26.2 Å². The zero-order valence-electron chi connectivity index (χ0n) is 19.5. The number of aromatic amines is 1. The fourth-order valence-electron chi connectivity index (χ4n) is 3.87. The molecule has 0 saturated heterocycles. The summed E-state index contributed by atoms with van der Waals surface area (Å²) in [6.07, 6.45) is 0. The molecule has 0 fully saturated rings. The van der Waals surface area contributed by atoms with Crippen LogP contribution in [0.25, 0.3) is 22.3 Å². The van der Waals surface area contributed by atoms with Crippen LogP contribution in [0.4, 0.5) is 5.69 Å². The monoisotopic (exact) mass is 514 g/mol. The summed E-state index contributed by atoms with van der Waals surface area (Å²) in [5.74, 6) is -0.117. The first-order valence-electron chi connectivity index (χ1n) is 11.4. The van der Waals surface area contributed by atoms with Crippen molar-refractivity contribution in [3.63, 3.8) is 0 Å². The van der Waals surface area contributed by atoms with Crippen LogP contribution in [-0.2, 0) is 11.3 Å². The Kier molecular flexibility index (Phi) is 6.93. The number of fused-ring (bicyclic) bond motifs is 1. The second-order valence-electron chi connectivity index (χ2n) is 8.38. The van der Waals surface area contributed by atoms with E-state index in [-0.39, 0.29) is 17.2 Å². The molecule has 0 saturated carbocycles. The minimum atomic E-state index is -0.209. The average molecular weight is 515 g/mol. The van der Waals surface area contributed by atoms with Crippen LogP contribution in [0.2, 0.25) is 5.02 Å². The standard InChI is InChI=1S/C28H23ClN4O2S/c1-18-12-13-21(14-22(18)29)30-25(34)17-36-28-32-24-15-23(20-10-6-3-7-11-20)31-26(24)27(35)33(28)16-19-8-4-2-5-9-19/h2-15,31H,16-17H2,1H3,(H,30,34). The summed E-state index contributed by atoms with van der Waals surface area (Å²) in [7, 11) is 0. The molecule has 2 heterocycles. The number of aromatic nitrogens is 3. The lowest BCUT2D eigenvalue weighted by atomic mass is 10.2. The van der Waals surface area contributed by atoms with Crippen molar-refractivity contribution in [2.24, 2.45) is 0 Å². The number of nitrogens with zero attached hydrogens (tertiary/aromatic N) is 2. The van der Waals surface area contributed by atoms with Gasteiger partial charge < -0.3 is 10.3 Å². The third-order valence-electron chi connectivity index (χ3n) is 5.76. The number of thioether (sulfide) groups is 1. The summed E-state index contributed by atoms with van der Waals surface area (Å²) in [5.41, 5.74) is 5.14. The normalized spacial score (nSPS) is 11.1. The van der Waals surface area contributed by atoms with Crippen LogP contribution in [0.3, 0.4) is 0 Å². The number of rotatable bonds is 7. The molecule has 2 N–H and O–H groups in total. The van der Waals surface area contributed by atoms with Crippen molar-refractivity contribution < 1.29 is 4.79 Å². The van der Waals surface area contributed by atoms with Gasteiger partial charge in [0, 0.05) is 16.4 Å². The number of anilines is 1. The summed E-state index contributed by atoms with van der Waals surface area (Å²) in [6.45, 7) is 2.25. The Morgan fingerprint density at radius 1 is 1.03 bits per heavy atom.